The molecular weight excluding hydrogens is 212 g/mol. The Morgan fingerprint density at radius 2 is 2.00 bits per heavy atom. The topological polar surface area (TPSA) is 45.4 Å². The molecule has 1 fully saturated rings. The molecule has 2 N–H and O–H groups in total. The Balaban J connectivity index is 1.98. The molecule has 1 aliphatic rings. The highest BCUT2D eigenvalue weighted by Gasteiger charge is 2.17. The lowest BCUT2D eigenvalue weighted by molar-refractivity contribution is 0.258. The van der Waals surface area contributed by atoms with E-state index in [0.717, 1.165) is 43.2 Å². The van der Waals surface area contributed by atoms with Crippen molar-refractivity contribution in [3.63, 3.8) is 0 Å². The van der Waals surface area contributed by atoms with Crippen LogP contribution in [0, 0.1) is 6.92 Å². The number of nitrogens with zero attached hydrogens (tertiary/aromatic N) is 3. The molecule has 1 aliphatic heterocycles. The van der Waals surface area contributed by atoms with E-state index in [0.29, 0.717) is 0 Å². The van der Waals surface area contributed by atoms with E-state index in [1.807, 2.05) is 6.92 Å². The average molecular weight is 234 g/mol. The van der Waals surface area contributed by atoms with Crippen LogP contribution in [0.2, 0.25) is 0 Å². The fourth-order valence-corrected chi connectivity index (χ4v) is 2.24. The number of aromatic nitrogens is 1. The zero-order chi connectivity index (χ0) is 12.3. The molecule has 1 saturated heterocycles. The van der Waals surface area contributed by atoms with Crippen LogP contribution in [0.15, 0.2) is 12.3 Å². The fraction of sp³-hybridized carbons (Fsp3) is 0.615. The first-order valence-corrected chi connectivity index (χ1v) is 6.40. The van der Waals surface area contributed by atoms with Crippen LogP contribution in [-0.2, 0) is 0 Å². The van der Waals surface area contributed by atoms with Crippen molar-refractivity contribution in [3.8, 4) is 0 Å². The van der Waals surface area contributed by atoms with Gasteiger partial charge in [0.2, 0.25) is 0 Å². The summed E-state index contributed by atoms with van der Waals surface area (Å²) in [7, 11) is 0. The molecule has 1 aromatic heterocycles. The zero-order valence-corrected chi connectivity index (χ0v) is 10.8. The number of pyridine rings is 1. The maximum absolute atomic E-state index is 5.79. The second-order valence-corrected chi connectivity index (χ2v) is 4.73. The van der Waals surface area contributed by atoms with Crippen molar-refractivity contribution in [2.45, 2.75) is 20.3 Å². The van der Waals surface area contributed by atoms with E-state index >= 15 is 0 Å². The summed E-state index contributed by atoms with van der Waals surface area (Å²) in [5, 5.41) is 0. The largest absolute Gasteiger partial charge is 0.397 e. The lowest BCUT2D eigenvalue weighted by Crippen LogP contribution is -2.46. The van der Waals surface area contributed by atoms with Gasteiger partial charge in [0, 0.05) is 26.2 Å². The second kappa shape index (κ2) is 5.36. The molecule has 2 heterocycles. The van der Waals surface area contributed by atoms with Crippen LogP contribution in [0.5, 0.6) is 0 Å². The first kappa shape index (κ1) is 12.2. The minimum Gasteiger partial charge on any atom is -0.397 e. The van der Waals surface area contributed by atoms with Crippen molar-refractivity contribution in [2.24, 2.45) is 0 Å². The number of hydrogen-bond donors (Lipinski definition) is 1. The standard InChI is InChI=1S/C13H22N4/c1-3-4-16-5-7-17(8-6-16)13-9-11(2)12(14)10-15-13/h9-10H,3-8,14H2,1-2H3. The molecule has 0 unspecified atom stereocenters. The molecule has 0 atom stereocenters. The van der Waals surface area contributed by atoms with Gasteiger partial charge in [-0.05, 0) is 31.5 Å². The Hall–Kier alpha value is -1.29. The van der Waals surface area contributed by atoms with Gasteiger partial charge < -0.3 is 10.6 Å². The highest BCUT2D eigenvalue weighted by molar-refractivity contribution is 5.52. The van der Waals surface area contributed by atoms with Crippen molar-refractivity contribution in [1.82, 2.24) is 9.88 Å². The van der Waals surface area contributed by atoms with Crippen LogP contribution >= 0.6 is 0 Å². The minimum atomic E-state index is 0.776. The van der Waals surface area contributed by atoms with Crippen LogP contribution in [0.1, 0.15) is 18.9 Å². The van der Waals surface area contributed by atoms with Crippen LogP contribution in [0.25, 0.3) is 0 Å². The molecule has 0 saturated carbocycles. The molecule has 0 radical (unpaired) electrons. The van der Waals surface area contributed by atoms with Crippen molar-refractivity contribution < 1.29 is 0 Å². The molecule has 94 valence electrons. The van der Waals surface area contributed by atoms with E-state index < -0.39 is 0 Å². The number of rotatable bonds is 3. The molecule has 0 bridgehead atoms. The number of nitrogens with two attached hydrogens (primary N) is 1. The SMILES string of the molecule is CCCN1CCN(c2cc(C)c(N)cn2)CC1. The predicted octanol–water partition coefficient (Wildman–Crippen LogP) is 1.50. The molecule has 0 spiro atoms. The molecule has 1 aromatic rings. The van der Waals surface area contributed by atoms with E-state index in [1.54, 1.807) is 6.20 Å². The Kier molecular flexibility index (Phi) is 3.84. The molecule has 2 rings (SSSR count). The van der Waals surface area contributed by atoms with Gasteiger partial charge in [-0.1, -0.05) is 6.92 Å². The van der Waals surface area contributed by atoms with E-state index in [4.69, 9.17) is 5.73 Å². The first-order chi connectivity index (χ1) is 8.20. The predicted molar refractivity (Wildman–Crippen MR) is 72.3 cm³/mol. The van der Waals surface area contributed by atoms with Gasteiger partial charge >= 0.3 is 0 Å². The summed E-state index contributed by atoms with van der Waals surface area (Å²) in [6, 6.07) is 2.09. The number of nitrogen functional groups attached to an aromatic ring is 1. The van der Waals surface area contributed by atoms with Gasteiger partial charge in [-0.15, -0.1) is 0 Å². The molecule has 4 nitrogen and oxygen atoms in total. The summed E-state index contributed by atoms with van der Waals surface area (Å²) in [5.41, 5.74) is 7.68. The van der Waals surface area contributed by atoms with Crippen LogP contribution < -0.4 is 10.6 Å². The Morgan fingerprint density at radius 3 is 2.59 bits per heavy atom. The number of anilines is 2. The van der Waals surface area contributed by atoms with Crippen LogP contribution in [0.3, 0.4) is 0 Å². The molecule has 17 heavy (non-hydrogen) atoms. The minimum absolute atomic E-state index is 0.776. The number of hydrogen-bond acceptors (Lipinski definition) is 4. The summed E-state index contributed by atoms with van der Waals surface area (Å²) in [6.07, 6.45) is 3.00. The summed E-state index contributed by atoms with van der Waals surface area (Å²) in [5.74, 6) is 1.06. The van der Waals surface area contributed by atoms with Crippen molar-refractivity contribution >= 4 is 11.5 Å². The summed E-state index contributed by atoms with van der Waals surface area (Å²) < 4.78 is 0. The van der Waals surface area contributed by atoms with Crippen molar-refractivity contribution in [3.05, 3.63) is 17.8 Å². The van der Waals surface area contributed by atoms with Gasteiger partial charge in [-0.2, -0.15) is 0 Å². The van der Waals surface area contributed by atoms with E-state index in [9.17, 15) is 0 Å². The van der Waals surface area contributed by atoms with Crippen molar-refractivity contribution in [1.29, 1.82) is 0 Å². The lowest BCUT2D eigenvalue weighted by atomic mass is 10.2. The third-order valence-corrected chi connectivity index (χ3v) is 3.37. The highest BCUT2D eigenvalue weighted by atomic mass is 15.3. The summed E-state index contributed by atoms with van der Waals surface area (Å²) in [4.78, 5) is 9.28. The zero-order valence-electron chi connectivity index (χ0n) is 10.8. The van der Waals surface area contributed by atoms with Crippen molar-refractivity contribution in [2.75, 3.05) is 43.4 Å². The maximum Gasteiger partial charge on any atom is 0.128 e. The quantitative estimate of drug-likeness (QED) is 0.861. The van der Waals surface area contributed by atoms with E-state index in [2.05, 4.69) is 27.8 Å². The third-order valence-electron chi connectivity index (χ3n) is 3.37. The van der Waals surface area contributed by atoms with E-state index in [-0.39, 0.29) is 0 Å². The number of piperazine rings is 1. The van der Waals surface area contributed by atoms with Gasteiger partial charge in [0.1, 0.15) is 5.82 Å². The first-order valence-electron chi connectivity index (χ1n) is 6.40. The van der Waals surface area contributed by atoms with E-state index in [1.165, 1.54) is 13.0 Å². The molecular formula is C13H22N4. The van der Waals surface area contributed by atoms with Gasteiger partial charge in [-0.25, -0.2) is 4.98 Å². The molecule has 0 aromatic carbocycles. The van der Waals surface area contributed by atoms with Gasteiger partial charge in [-0.3, -0.25) is 4.90 Å². The Morgan fingerprint density at radius 1 is 1.29 bits per heavy atom. The molecule has 4 heteroatoms. The third kappa shape index (κ3) is 2.88. The monoisotopic (exact) mass is 234 g/mol. The summed E-state index contributed by atoms with van der Waals surface area (Å²) in [6.45, 7) is 9.89. The van der Waals surface area contributed by atoms with Crippen LogP contribution in [0.4, 0.5) is 11.5 Å². The van der Waals surface area contributed by atoms with Crippen LogP contribution in [-0.4, -0.2) is 42.6 Å². The average Bonchev–Trinajstić information content (AvgIpc) is 2.34. The second-order valence-electron chi connectivity index (χ2n) is 4.73. The fourth-order valence-electron chi connectivity index (χ4n) is 2.24. The highest BCUT2D eigenvalue weighted by Crippen LogP contribution is 2.18. The van der Waals surface area contributed by atoms with Gasteiger partial charge in [0.05, 0.1) is 11.9 Å². The normalized spacial score (nSPS) is 17.4. The summed E-state index contributed by atoms with van der Waals surface area (Å²) >= 11 is 0. The maximum atomic E-state index is 5.79. The number of aryl methyl sites for hydroxylation is 1. The lowest BCUT2D eigenvalue weighted by Gasteiger charge is -2.35. The Labute approximate surface area is 103 Å². The molecule has 0 amide bonds. The Bertz CT molecular complexity index is 370. The van der Waals surface area contributed by atoms with Gasteiger partial charge in [0.15, 0.2) is 0 Å². The van der Waals surface area contributed by atoms with Gasteiger partial charge in [0.25, 0.3) is 0 Å². The molecule has 0 aliphatic carbocycles. The smallest absolute Gasteiger partial charge is 0.128 e.